The number of ether oxygens (including phenoxy) is 1. The number of anilines is 1. The molecule has 7 nitrogen and oxygen atoms in total. The van der Waals surface area contributed by atoms with Crippen LogP contribution in [0.15, 0.2) is 53.6 Å². The van der Waals surface area contributed by atoms with E-state index in [0.29, 0.717) is 11.3 Å². The number of nitrogens with zero attached hydrogens (tertiary/aromatic N) is 2. The van der Waals surface area contributed by atoms with Crippen molar-refractivity contribution in [2.24, 2.45) is 5.10 Å². The summed E-state index contributed by atoms with van der Waals surface area (Å²) in [6.45, 7) is 1.46. The molecule has 0 aliphatic carbocycles. The van der Waals surface area contributed by atoms with Gasteiger partial charge >= 0.3 is 5.97 Å². The molecule has 2 N–H and O–H groups in total. The quantitative estimate of drug-likeness (QED) is 0.588. The average Bonchev–Trinajstić information content (AvgIpc) is 2.63. The molecule has 0 radical (unpaired) electrons. The maximum atomic E-state index is 12.1. The zero-order chi connectivity index (χ0) is 19.1. The second-order valence-electron chi connectivity index (χ2n) is 5.81. The highest BCUT2D eigenvalue weighted by atomic mass is 16.5. The van der Waals surface area contributed by atoms with E-state index in [4.69, 9.17) is 9.84 Å². The highest BCUT2D eigenvalue weighted by Gasteiger charge is 2.11. The zero-order valence-electron chi connectivity index (χ0n) is 14.8. The van der Waals surface area contributed by atoms with E-state index in [2.05, 4.69) is 10.5 Å². The monoisotopic (exact) mass is 355 g/mol. The number of rotatable bonds is 7. The predicted octanol–water partition coefficient (Wildman–Crippen LogP) is 2.37. The van der Waals surface area contributed by atoms with Gasteiger partial charge in [-0.3, -0.25) is 4.79 Å². The normalized spacial score (nSPS) is 11.8. The Morgan fingerprint density at radius 1 is 1.19 bits per heavy atom. The Balaban J connectivity index is 1.94. The largest absolute Gasteiger partial charge is 0.479 e. The summed E-state index contributed by atoms with van der Waals surface area (Å²) in [7, 11) is 3.81. The van der Waals surface area contributed by atoms with E-state index >= 15 is 0 Å². The Morgan fingerprint density at radius 3 is 2.50 bits per heavy atom. The second-order valence-corrected chi connectivity index (χ2v) is 5.81. The van der Waals surface area contributed by atoms with Gasteiger partial charge in [-0.25, -0.2) is 10.2 Å². The molecular formula is C19H21N3O4. The highest BCUT2D eigenvalue weighted by molar-refractivity contribution is 5.95. The summed E-state index contributed by atoms with van der Waals surface area (Å²) in [6, 6.07) is 13.9. The van der Waals surface area contributed by atoms with Gasteiger partial charge in [-0.15, -0.1) is 0 Å². The van der Waals surface area contributed by atoms with Crippen LogP contribution in [0.25, 0.3) is 0 Å². The summed E-state index contributed by atoms with van der Waals surface area (Å²) >= 11 is 0. The topological polar surface area (TPSA) is 91.2 Å². The molecule has 0 unspecified atom stereocenters. The van der Waals surface area contributed by atoms with Crippen LogP contribution in [-0.4, -0.2) is 43.4 Å². The molecule has 0 aliphatic rings. The Labute approximate surface area is 151 Å². The first-order chi connectivity index (χ1) is 12.4. The van der Waals surface area contributed by atoms with Crippen LogP contribution in [0.3, 0.4) is 0 Å². The van der Waals surface area contributed by atoms with Gasteiger partial charge in [-0.1, -0.05) is 6.07 Å². The van der Waals surface area contributed by atoms with Crippen LogP contribution >= 0.6 is 0 Å². The first-order valence-corrected chi connectivity index (χ1v) is 7.97. The fourth-order valence-electron chi connectivity index (χ4n) is 2.04. The summed E-state index contributed by atoms with van der Waals surface area (Å²) < 4.78 is 5.24. The lowest BCUT2D eigenvalue weighted by molar-refractivity contribution is -0.144. The molecule has 0 spiro atoms. The number of carbonyl (C=O) groups excluding carboxylic acids is 1. The van der Waals surface area contributed by atoms with E-state index in [1.54, 1.807) is 36.4 Å². The highest BCUT2D eigenvalue weighted by Crippen LogP contribution is 2.14. The SMILES string of the molecule is C[C@@H](Oc1ccc(/C=N\NC(=O)c2cccc(N(C)C)c2)cc1)C(=O)O. The van der Waals surface area contributed by atoms with Crippen molar-refractivity contribution in [3.63, 3.8) is 0 Å². The van der Waals surface area contributed by atoms with Crippen LogP contribution in [0, 0.1) is 0 Å². The van der Waals surface area contributed by atoms with Crippen molar-refractivity contribution < 1.29 is 19.4 Å². The Bertz CT molecular complexity index is 801. The fraction of sp³-hybridized carbons (Fsp3) is 0.211. The number of carbonyl (C=O) groups is 2. The predicted molar refractivity (Wildman–Crippen MR) is 100.0 cm³/mol. The van der Waals surface area contributed by atoms with Gasteiger partial charge in [0.1, 0.15) is 5.75 Å². The van der Waals surface area contributed by atoms with Gasteiger partial charge in [0.2, 0.25) is 0 Å². The van der Waals surface area contributed by atoms with E-state index < -0.39 is 12.1 Å². The van der Waals surface area contributed by atoms with E-state index in [-0.39, 0.29) is 5.91 Å². The van der Waals surface area contributed by atoms with E-state index in [9.17, 15) is 9.59 Å². The van der Waals surface area contributed by atoms with Crippen molar-refractivity contribution in [2.75, 3.05) is 19.0 Å². The molecular weight excluding hydrogens is 334 g/mol. The summed E-state index contributed by atoms with van der Waals surface area (Å²) in [5.41, 5.74) is 4.65. The number of hydrogen-bond donors (Lipinski definition) is 2. The molecule has 7 heteroatoms. The van der Waals surface area contributed by atoms with Crippen LogP contribution in [0.4, 0.5) is 5.69 Å². The average molecular weight is 355 g/mol. The van der Waals surface area contributed by atoms with Gasteiger partial charge in [0.15, 0.2) is 6.10 Å². The number of benzene rings is 2. The number of nitrogens with one attached hydrogen (secondary N) is 1. The zero-order valence-corrected chi connectivity index (χ0v) is 14.8. The smallest absolute Gasteiger partial charge is 0.344 e. The van der Waals surface area contributed by atoms with Crippen molar-refractivity contribution in [3.8, 4) is 5.75 Å². The number of carboxylic acid groups (broad SMARTS) is 1. The third kappa shape index (κ3) is 5.34. The summed E-state index contributed by atoms with van der Waals surface area (Å²) in [4.78, 5) is 24.8. The molecule has 2 aromatic rings. The molecule has 1 atom stereocenters. The minimum absolute atomic E-state index is 0.305. The number of hydrogen-bond acceptors (Lipinski definition) is 5. The van der Waals surface area contributed by atoms with Crippen molar-refractivity contribution in [1.29, 1.82) is 0 Å². The standard InChI is InChI=1S/C19H21N3O4/c1-13(19(24)25)26-17-9-7-14(8-10-17)12-20-21-18(23)15-5-4-6-16(11-15)22(2)3/h4-13H,1-3H3,(H,21,23)(H,24,25)/b20-12-/t13-/m1/s1. The van der Waals surface area contributed by atoms with Crippen LogP contribution in [-0.2, 0) is 4.79 Å². The van der Waals surface area contributed by atoms with E-state index in [1.807, 2.05) is 31.1 Å². The molecule has 2 aromatic carbocycles. The number of carboxylic acids is 1. The lowest BCUT2D eigenvalue weighted by atomic mass is 10.2. The van der Waals surface area contributed by atoms with Gasteiger partial charge in [-0.05, 0) is 55.0 Å². The lowest BCUT2D eigenvalue weighted by Crippen LogP contribution is -2.22. The van der Waals surface area contributed by atoms with E-state index in [1.165, 1.54) is 13.1 Å². The van der Waals surface area contributed by atoms with Crippen LogP contribution in [0.5, 0.6) is 5.75 Å². The summed E-state index contributed by atoms with van der Waals surface area (Å²) in [5.74, 6) is -0.890. The second kappa shape index (κ2) is 8.66. The molecule has 1 amide bonds. The van der Waals surface area contributed by atoms with Crippen molar-refractivity contribution >= 4 is 23.8 Å². The maximum absolute atomic E-state index is 12.1. The van der Waals surface area contributed by atoms with Gasteiger partial charge in [0, 0.05) is 25.3 Å². The van der Waals surface area contributed by atoms with Crippen molar-refractivity contribution in [2.45, 2.75) is 13.0 Å². The van der Waals surface area contributed by atoms with Gasteiger partial charge < -0.3 is 14.7 Å². The first-order valence-electron chi connectivity index (χ1n) is 7.97. The number of aliphatic carboxylic acids is 1. The number of hydrazone groups is 1. The van der Waals surface area contributed by atoms with Gasteiger partial charge in [-0.2, -0.15) is 5.10 Å². The van der Waals surface area contributed by atoms with E-state index in [0.717, 1.165) is 11.3 Å². The maximum Gasteiger partial charge on any atom is 0.344 e. The molecule has 0 saturated heterocycles. The molecule has 0 aromatic heterocycles. The van der Waals surface area contributed by atoms with Crippen molar-refractivity contribution in [3.05, 3.63) is 59.7 Å². The Hall–Kier alpha value is -3.35. The lowest BCUT2D eigenvalue weighted by Gasteiger charge is -2.12. The third-order valence-corrected chi connectivity index (χ3v) is 3.55. The van der Waals surface area contributed by atoms with Gasteiger partial charge in [0.05, 0.1) is 6.21 Å². The molecule has 2 rings (SSSR count). The molecule has 0 fully saturated rings. The fourth-order valence-corrected chi connectivity index (χ4v) is 2.04. The van der Waals surface area contributed by atoms with Crippen molar-refractivity contribution in [1.82, 2.24) is 5.43 Å². The van der Waals surface area contributed by atoms with Gasteiger partial charge in [0.25, 0.3) is 5.91 Å². The molecule has 0 heterocycles. The Kier molecular flexibility index (Phi) is 6.32. The molecule has 0 bridgehead atoms. The Morgan fingerprint density at radius 2 is 1.88 bits per heavy atom. The summed E-state index contributed by atoms with van der Waals surface area (Å²) in [5, 5.41) is 12.8. The minimum Gasteiger partial charge on any atom is -0.479 e. The molecule has 0 aliphatic heterocycles. The molecule has 26 heavy (non-hydrogen) atoms. The van der Waals surface area contributed by atoms with Crippen LogP contribution in [0.2, 0.25) is 0 Å². The molecule has 0 saturated carbocycles. The summed E-state index contributed by atoms with van der Waals surface area (Å²) in [6.07, 6.45) is 0.574. The third-order valence-electron chi connectivity index (χ3n) is 3.55. The van der Waals surface area contributed by atoms with Crippen LogP contribution < -0.4 is 15.1 Å². The minimum atomic E-state index is -1.03. The number of amides is 1. The first kappa shape index (κ1) is 19.0. The van der Waals surface area contributed by atoms with Crippen LogP contribution in [0.1, 0.15) is 22.8 Å². The molecule has 136 valence electrons.